The van der Waals surface area contributed by atoms with Gasteiger partial charge in [0.15, 0.2) is 0 Å². The Hall–Kier alpha value is -3.41. The lowest BCUT2D eigenvalue weighted by atomic mass is 9.90. The van der Waals surface area contributed by atoms with Gasteiger partial charge in [-0.05, 0) is 89.7 Å². The minimum atomic E-state index is -0.977. The number of benzene rings is 4. The van der Waals surface area contributed by atoms with Crippen molar-refractivity contribution in [2.75, 3.05) is 5.32 Å². The second-order valence-electron chi connectivity index (χ2n) is 8.34. The maximum atomic E-state index is 13.4. The SMILES string of the molecule is Cc1cc(Cl)ccc1-c1ccc(NC(=O)C(Cc2ccc(C(=O)O)cc2)c2cccc(Br)c2)cc1. The molecule has 0 aliphatic heterocycles. The molecule has 4 aromatic rings. The van der Waals surface area contributed by atoms with Crippen LogP contribution in [0.4, 0.5) is 5.69 Å². The molecule has 0 bridgehead atoms. The smallest absolute Gasteiger partial charge is 0.335 e. The van der Waals surface area contributed by atoms with E-state index in [1.54, 1.807) is 24.3 Å². The van der Waals surface area contributed by atoms with Gasteiger partial charge >= 0.3 is 5.97 Å². The van der Waals surface area contributed by atoms with E-state index >= 15 is 0 Å². The van der Waals surface area contributed by atoms with Gasteiger partial charge in [-0.25, -0.2) is 4.79 Å². The van der Waals surface area contributed by atoms with Crippen LogP contribution in [0.25, 0.3) is 11.1 Å². The molecule has 4 rings (SSSR count). The highest BCUT2D eigenvalue weighted by Gasteiger charge is 2.22. The van der Waals surface area contributed by atoms with E-state index in [0.717, 1.165) is 32.3 Å². The summed E-state index contributed by atoms with van der Waals surface area (Å²) in [5.74, 6) is -1.57. The molecule has 1 unspecified atom stereocenters. The van der Waals surface area contributed by atoms with Gasteiger partial charge in [-0.1, -0.05) is 70.0 Å². The van der Waals surface area contributed by atoms with Crippen molar-refractivity contribution < 1.29 is 14.7 Å². The first-order valence-electron chi connectivity index (χ1n) is 11.1. The molecule has 0 spiro atoms. The Balaban J connectivity index is 1.56. The number of aromatic carboxylic acids is 1. The van der Waals surface area contributed by atoms with Crippen LogP contribution in [0, 0.1) is 6.92 Å². The number of carbonyl (C=O) groups excluding carboxylic acids is 1. The second-order valence-corrected chi connectivity index (χ2v) is 9.69. The van der Waals surface area contributed by atoms with Gasteiger partial charge in [0, 0.05) is 15.2 Å². The topological polar surface area (TPSA) is 66.4 Å². The van der Waals surface area contributed by atoms with Crippen molar-refractivity contribution in [2.24, 2.45) is 0 Å². The maximum Gasteiger partial charge on any atom is 0.335 e. The first-order chi connectivity index (χ1) is 16.8. The fraction of sp³-hybridized carbons (Fsp3) is 0.103. The van der Waals surface area contributed by atoms with Crippen LogP contribution < -0.4 is 5.32 Å². The summed E-state index contributed by atoms with van der Waals surface area (Å²) in [6.07, 6.45) is 0.435. The number of amides is 1. The van der Waals surface area contributed by atoms with E-state index in [9.17, 15) is 9.59 Å². The Bertz CT molecular complexity index is 1370. The zero-order chi connectivity index (χ0) is 24.9. The van der Waals surface area contributed by atoms with Gasteiger partial charge in [0.25, 0.3) is 0 Å². The van der Waals surface area contributed by atoms with Gasteiger partial charge in [-0.15, -0.1) is 0 Å². The van der Waals surface area contributed by atoms with E-state index in [-0.39, 0.29) is 11.5 Å². The summed E-state index contributed by atoms with van der Waals surface area (Å²) in [6, 6.07) is 27.8. The van der Waals surface area contributed by atoms with Gasteiger partial charge < -0.3 is 10.4 Å². The lowest BCUT2D eigenvalue weighted by molar-refractivity contribution is -0.117. The van der Waals surface area contributed by atoms with Crippen molar-refractivity contribution >= 4 is 45.1 Å². The van der Waals surface area contributed by atoms with Crippen LogP contribution in [0.15, 0.2) is 95.5 Å². The molecule has 0 radical (unpaired) electrons. The zero-order valence-electron chi connectivity index (χ0n) is 19.0. The van der Waals surface area contributed by atoms with Crippen molar-refractivity contribution in [3.05, 3.63) is 123 Å². The predicted octanol–water partition coefficient (Wildman–Crippen LogP) is 7.74. The van der Waals surface area contributed by atoms with E-state index in [4.69, 9.17) is 16.7 Å². The van der Waals surface area contributed by atoms with Crippen LogP contribution in [0.5, 0.6) is 0 Å². The summed E-state index contributed by atoms with van der Waals surface area (Å²) < 4.78 is 0.886. The number of aryl methyl sites for hydroxylation is 1. The number of carboxylic acids is 1. The largest absolute Gasteiger partial charge is 0.478 e. The lowest BCUT2D eigenvalue weighted by Crippen LogP contribution is -2.23. The first kappa shape index (κ1) is 24.7. The van der Waals surface area contributed by atoms with E-state index < -0.39 is 11.9 Å². The Morgan fingerprint density at radius 2 is 1.66 bits per heavy atom. The average molecular weight is 549 g/mol. The molecule has 1 atom stereocenters. The third-order valence-electron chi connectivity index (χ3n) is 5.86. The number of carboxylic acid groups (broad SMARTS) is 1. The first-order valence-corrected chi connectivity index (χ1v) is 12.2. The molecule has 2 N–H and O–H groups in total. The minimum absolute atomic E-state index is 0.138. The van der Waals surface area contributed by atoms with Gasteiger partial charge in [0.2, 0.25) is 5.91 Å². The van der Waals surface area contributed by atoms with Crippen molar-refractivity contribution in [2.45, 2.75) is 19.3 Å². The number of hydrogen-bond donors (Lipinski definition) is 2. The van der Waals surface area contributed by atoms with Gasteiger partial charge in [-0.2, -0.15) is 0 Å². The van der Waals surface area contributed by atoms with Gasteiger partial charge in [0.05, 0.1) is 11.5 Å². The average Bonchev–Trinajstić information content (AvgIpc) is 2.83. The summed E-state index contributed by atoms with van der Waals surface area (Å²) in [5.41, 5.74) is 5.87. The molecule has 0 aromatic heterocycles. The Kier molecular flexibility index (Phi) is 7.69. The molecule has 35 heavy (non-hydrogen) atoms. The van der Waals surface area contributed by atoms with E-state index in [1.165, 1.54) is 0 Å². The number of halogens is 2. The number of anilines is 1. The number of nitrogens with one attached hydrogen (secondary N) is 1. The molecule has 4 nitrogen and oxygen atoms in total. The molecule has 0 heterocycles. The molecule has 0 aliphatic rings. The summed E-state index contributed by atoms with van der Waals surface area (Å²) >= 11 is 9.57. The summed E-state index contributed by atoms with van der Waals surface area (Å²) in [6.45, 7) is 2.02. The molecule has 0 aliphatic carbocycles. The predicted molar refractivity (Wildman–Crippen MR) is 144 cm³/mol. The molecular formula is C29H23BrClNO3. The van der Waals surface area contributed by atoms with Crippen LogP contribution in [-0.2, 0) is 11.2 Å². The Labute approximate surface area is 217 Å². The highest BCUT2D eigenvalue weighted by atomic mass is 79.9. The number of hydrogen-bond acceptors (Lipinski definition) is 2. The third kappa shape index (κ3) is 6.18. The molecule has 4 aromatic carbocycles. The molecule has 0 fully saturated rings. The summed E-state index contributed by atoms with van der Waals surface area (Å²) in [4.78, 5) is 24.6. The van der Waals surface area contributed by atoms with Crippen LogP contribution >= 0.6 is 27.5 Å². The van der Waals surface area contributed by atoms with E-state index in [0.29, 0.717) is 17.1 Å². The number of rotatable bonds is 7. The molecular weight excluding hydrogens is 526 g/mol. The van der Waals surface area contributed by atoms with Crippen molar-refractivity contribution in [3.63, 3.8) is 0 Å². The number of carbonyl (C=O) groups is 2. The van der Waals surface area contributed by atoms with Crippen LogP contribution in [-0.4, -0.2) is 17.0 Å². The van der Waals surface area contributed by atoms with Gasteiger partial charge in [0.1, 0.15) is 0 Å². The van der Waals surface area contributed by atoms with Crippen LogP contribution in [0.3, 0.4) is 0 Å². The highest BCUT2D eigenvalue weighted by Crippen LogP contribution is 2.29. The minimum Gasteiger partial charge on any atom is -0.478 e. The molecule has 0 saturated heterocycles. The fourth-order valence-corrected chi connectivity index (χ4v) is 4.66. The maximum absolute atomic E-state index is 13.4. The van der Waals surface area contributed by atoms with Crippen molar-refractivity contribution in [3.8, 4) is 11.1 Å². The third-order valence-corrected chi connectivity index (χ3v) is 6.59. The highest BCUT2D eigenvalue weighted by molar-refractivity contribution is 9.10. The summed E-state index contributed by atoms with van der Waals surface area (Å²) in [7, 11) is 0. The van der Waals surface area contributed by atoms with E-state index in [1.807, 2.05) is 73.7 Å². The molecule has 0 saturated carbocycles. The molecule has 1 amide bonds. The molecule has 6 heteroatoms. The lowest BCUT2D eigenvalue weighted by Gasteiger charge is -2.18. The second kappa shape index (κ2) is 10.9. The summed E-state index contributed by atoms with van der Waals surface area (Å²) in [5, 5.41) is 12.9. The fourth-order valence-electron chi connectivity index (χ4n) is 4.02. The molecule has 176 valence electrons. The van der Waals surface area contributed by atoms with Crippen molar-refractivity contribution in [1.29, 1.82) is 0 Å². The Morgan fingerprint density at radius 1 is 0.943 bits per heavy atom. The van der Waals surface area contributed by atoms with Crippen LogP contribution in [0.1, 0.15) is 33.0 Å². The normalized spacial score (nSPS) is 11.6. The monoisotopic (exact) mass is 547 g/mol. The van der Waals surface area contributed by atoms with Crippen LogP contribution in [0.2, 0.25) is 5.02 Å². The standard InChI is InChI=1S/C29H23BrClNO3/c1-18-15-24(31)11-14-26(18)20-9-12-25(13-10-20)32-28(33)27(22-3-2-4-23(30)17-22)16-19-5-7-21(8-6-19)29(34)35/h2-15,17,27H,16H2,1H3,(H,32,33)(H,34,35). The van der Waals surface area contributed by atoms with Gasteiger partial charge in [-0.3, -0.25) is 4.79 Å². The zero-order valence-corrected chi connectivity index (χ0v) is 21.3. The Morgan fingerprint density at radius 3 is 2.29 bits per heavy atom. The quantitative estimate of drug-likeness (QED) is 0.248. The van der Waals surface area contributed by atoms with E-state index in [2.05, 4.69) is 21.2 Å². The van der Waals surface area contributed by atoms with Crippen molar-refractivity contribution in [1.82, 2.24) is 0 Å².